The lowest BCUT2D eigenvalue weighted by molar-refractivity contribution is -0.131. The molecule has 4 rings (SSSR count). The lowest BCUT2D eigenvalue weighted by Crippen LogP contribution is -2.27. The van der Waals surface area contributed by atoms with Crippen LogP contribution >= 0.6 is 11.3 Å². The molecule has 0 aliphatic carbocycles. The Labute approximate surface area is 158 Å². The van der Waals surface area contributed by atoms with Gasteiger partial charge in [0.25, 0.3) is 0 Å². The van der Waals surface area contributed by atoms with Gasteiger partial charge in [0.2, 0.25) is 5.91 Å². The number of anilines is 1. The molecule has 3 heterocycles. The molecule has 1 aliphatic heterocycles. The lowest BCUT2D eigenvalue weighted by atomic mass is 10.1. The molecule has 1 aliphatic rings. The molecule has 0 bridgehead atoms. The Hall–Kier alpha value is -2.87. The normalized spacial score (nSPS) is 13.1. The molecule has 3 aromatic rings. The van der Waals surface area contributed by atoms with Gasteiger partial charge in [0.1, 0.15) is 11.6 Å². The number of carbonyl (C=O) groups is 1. The third-order valence-corrected chi connectivity index (χ3v) is 5.45. The second-order valence-electron chi connectivity index (χ2n) is 6.39. The SMILES string of the molecule is Cc1nc2c(s1)CN(C(=O)Cc1nc(-c3ccc(F)cc3F)ccc1N)C2. The molecule has 27 heavy (non-hydrogen) atoms. The zero-order valence-electron chi connectivity index (χ0n) is 14.5. The van der Waals surface area contributed by atoms with E-state index in [1.165, 1.54) is 12.1 Å². The number of nitrogen functional groups attached to an aromatic ring is 1. The van der Waals surface area contributed by atoms with Gasteiger partial charge in [-0.2, -0.15) is 0 Å². The van der Waals surface area contributed by atoms with Crippen molar-refractivity contribution in [3.63, 3.8) is 0 Å². The first-order valence-corrected chi connectivity index (χ1v) is 9.16. The molecule has 2 N–H and O–H groups in total. The van der Waals surface area contributed by atoms with Crippen LogP contribution in [0.5, 0.6) is 0 Å². The highest BCUT2D eigenvalue weighted by atomic mass is 32.1. The van der Waals surface area contributed by atoms with Crippen molar-refractivity contribution in [3.05, 3.63) is 63.2 Å². The average molecular weight is 386 g/mol. The van der Waals surface area contributed by atoms with Crippen LogP contribution in [0.25, 0.3) is 11.3 Å². The first-order chi connectivity index (χ1) is 12.9. The molecule has 0 fully saturated rings. The summed E-state index contributed by atoms with van der Waals surface area (Å²) in [7, 11) is 0. The van der Waals surface area contributed by atoms with Crippen LogP contribution in [0.1, 0.15) is 21.3 Å². The van der Waals surface area contributed by atoms with Gasteiger partial charge in [-0.05, 0) is 31.2 Å². The van der Waals surface area contributed by atoms with E-state index in [0.29, 0.717) is 30.2 Å². The van der Waals surface area contributed by atoms with Gasteiger partial charge >= 0.3 is 0 Å². The van der Waals surface area contributed by atoms with Gasteiger partial charge in [-0.1, -0.05) is 0 Å². The fraction of sp³-hybridized carbons (Fsp3) is 0.211. The van der Waals surface area contributed by atoms with Crippen LogP contribution < -0.4 is 5.73 Å². The fourth-order valence-electron chi connectivity index (χ4n) is 3.10. The van der Waals surface area contributed by atoms with Crippen molar-refractivity contribution in [2.24, 2.45) is 0 Å². The van der Waals surface area contributed by atoms with Crippen molar-refractivity contribution >= 4 is 22.9 Å². The van der Waals surface area contributed by atoms with Crippen LogP contribution in [0.15, 0.2) is 30.3 Å². The molecular weight excluding hydrogens is 370 g/mol. The number of pyridine rings is 1. The molecular formula is C19H16F2N4OS. The van der Waals surface area contributed by atoms with E-state index in [0.717, 1.165) is 21.6 Å². The summed E-state index contributed by atoms with van der Waals surface area (Å²) in [6.07, 6.45) is 0.0103. The quantitative estimate of drug-likeness (QED) is 0.748. The Morgan fingerprint density at radius 2 is 2.04 bits per heavy atom. The molecule has 138 valence electrons. The van der Waals surface area contributed by atoms with Crippen LogP contribution in [-0.2, 0) is 24.3 Å². The van der Waals surface area contributed by atoms with Gasteiger partial charge in [-0.25, -0.2) is 13.8 Å². The minimum Gasteiger partial charge on any atom is -0.397 e. The number of amides is 1. The minimum atomic E-state index is -0.713. The van der Waals surface area contributed by atoms with Crippen LogP contribution in [0, 0.1) is 18.6 Å². The summed E-state index contributed by atoms with van der Waals surface area (Å²) in [6.45, 7) is 2.95. The van der Waals surface area contributed by atoms with Crippen molar-refractivity contribution in [1.29, 1.82) is 0 Å². The highest BCUT2D eigenvalue weighted by molar-refractivity contribution is 7.11. The highest BCUT2D eigenvalue weighted by Crippen LogP contribution is 2.29. The van der Waals surface area contributed by atoms with Crippen molar-refractivity contribution in [1.82, 2.24) is 14.9 Å². The number of carbonyl (C=O) groups excluding carboxylic acids is 1. The number of benzene rings is 1. The Bertz CT molecular complexity index is 1030. The van der Waals surface area contributed by atoms with E-state index in [1.807, 2.05) is 6.92 Å². The van der Waals surface area contributed by atoms with Gasteiger partial charge < -0.3 is 10.6 Å². The van der Waals surface area contributed by atoms with E-state index >= 15 is 0 Å². The fourth-order valence-corrected chi connectivity index (χ4v) is 4.06. The smallest absolute Gasteiger partial charge is 0.229 e. The molecule has 0 atom stereocenters. The Morgan fingerprint density at radius 3 is 2.78 bits per heavy atom. The molecule has 5 nitrogen and oxygen atoms in total. The van der Waals surface area contributed by atoms with E-state index in [-0.39, 0.29) is 17.9 Å². The van der Waals surface area contributed by atoms with Gasteiger partial charge in [-0.15, -0.1) is 11.3 Å². The predicted molar refractivity (Wildman–Crippen MR) is 98.8 cm³/mol. The summed E-state index contributed by atoms with van der Waals surface area (Å²) in [4.78, 5) is 24.2. The molecule has 0 saturated carbocycles. The predicted octanol–water partition coefficient (Wildman–Crippen LogP) is 3.46. The Kier molecular flexibility index (Phi) is 4.35. The maximum Gasteiger partial charge on any atom is 0.229 e. The topological polar surface area (TPSA) is 72.1 Å². The zero-order chi connectivity index (χ0) is 19.1. The summed E-state index contributed by atoms with van der Waals surface area (Å²) in [5.41, 5.74) is 8.10. The minimum absolute atomic E-state index is 0.0103. The molecule has 2 aromatic heterocycles. The molecule has 1 amide bonds. The number of halogens is 2. The van der Waals surface area contributed by atoms with Crippen molar-refractivity contribution in [2.45, 2.75) is 26.4 Å². The molecule has 0 radical (unpaired) electrons. The van der Waals surface area contributed by atoms with Crippen molar-refractivity contribution in [3.8, 4) is 11.3 Å². The number of nitrogens with two attached hydrogens (primary N) is 1. The molecule has 1 aromatic carbocycles. The van der Waals surface area contributed by atoms with Gasteiger partial charge in [0.05, 0.1) is 47.3 Å². The van der Waals surface area contributed by atoms with E-state index in [4.69, 9.17) is 5.73 Å². The standard InChI is InChI=1S/C19H16F2N4OS/c1-10-23-17-8-25(9-18(17)27-10)19(26)7-16-14(22)4-5-15(24-16)12-3-2-11(20)6-13(12)21/h2-6H,7-9,22H2,1H3. The second kappa shape index (κ2) is 6.70. The van der Waals surface area contributed by atoms with E-state index in [9.17, 15) is 13.6 Å². The van der Waals surface area contributed by atoms with E-state index < -0.39 is 11.6 Å². The number of aromatic nitrogens is 2. The number of aryl methyl sites for hydroxylation is 1. The summed E-state index contributed by atoms with van der Waals surface area (Å²) in [6, 6.07) is 6.43. The third kappa shape index (κ3) is 3.40. The van der Waals surface area contributed by atoms with Gasteiger partial charge in [0, 0.05) is 16.5 Å². The number of hydrogen-bond acceptors (Lipinski definition) is 5. The third-order valence-electron chi connectivity index (χ3n) is 4.45. The van der Waals surface area contributed by atoms with Gasteiger partial charge in [-0.3, -0.25) is 9.78 Å². The van der Waals surface area contributed by atoms with Crippen molar-refractivity contribution < 1.29 is 13.6 Å². The van der Waals surface area contributed by atoms with Crippen molar-refractivity contribution in [2.75, 3.05) is 5.73 Å². The monoisotopic (exact) mass is 386 g/mol. The number of hydrogen-bond donors (Lipinski definition) is 1. The maximum absolute atomic E-state index is 14.0. The number of nitrogens with zero attached hydrogens (tertiary/aromatic N) is 3. The number of rotatable bonds is 3. The molecule has 8 heteroatoms. The highest BCUT2D eigenvalue weighted by Gasteiger charge is 2.27. The Balaban J connectivity index is 1.55. The summed E-state index contributed by atoms with van der Waals surface area (Å²) in [5, 5.41) is 0.993. The van der Waals surface area contributed by atoms with E-state index in [1.54, 1.807) is 28.4 Å². The first kappa shape index (κ1) is 17.5. The molecule has 0 spiro atoms. The van der Waals surface area contributed by atoms with Crippen LogP contribution in [-0.4, -0.2) is 20.8 Å². The van der Waals surface area contributed by atoms with Gasteiger partial charge in [0.15, 0.2) is 0 Å². The maximum atomic E-state index is 14.0. The Morgan fingerprint density at radius 1 is 1.22 bits per heavy atom. The van der Waals surface area contributed by atoms with Crippen LogP contribution in [0.3, 0.4) is 0 Å². The van der Waals surface area contributed by atoms with Crippen LogP contribution in [0.2, 0.25) is 0 Å². The zero-order valence-corrected chi connectivity index (χ0v) is 15.3. The number of fused-ring (bicyclic) bond motifs is 1. The summed E-state index contributed by atoms with van der Waals surface area (Å²) >= 11 is 1.59. The average Bonchev–Trinajstić information content (AvgIpc) is 3.14. The first-order valence-electron chi connectivity index (χ1n) is 8.34. The molecule has 0 saturated heterocycles. The summed E-state index contributed by atoms with van der Waals surface area (Å²) < 4.78 is 27.2. The second-order valence-corrected chi connectivity index (χ2v) is 7.67. The van der Waals surface area contributed by atoms with E-state index in [2.05, 4.69) is 9.97 Å². The number of thiazole rings is 1. The van der Waals surface area contributed by atoms with Crippen LogP contribution in [0.4, 0.5) is 14.5 Å². The summed E-state index contributed by atoms with van der Waals surface area (Å²) in [5.74, 6) is -1.49. The lowest BCUT2D eigenvalue weighted by Gasteiger charge is -2.16. The largest absolute Gasteiger partial charge is 0.397 e. The molecule has 0 unspecified atom stereocenters.